The summed E-state index contributed by atoms with van der Waals surface area (Å²) in [5.74, 6) is 0.715. The van der Waals surface area contributed by atoms with Crippen LogP contribution in [0.3, 0.4) is 0 Å². The molecule has 130 valence electrons. The van der Waals surface area contributed by atoms with Gasteiger partial charge in [-0.3, -0.25) is 14.5 Å². The molecule has 0 radical (unpaired) electrons. The minimum Gasteiger partial charge on any atom is -0.497 e. The van der Waals surface area contributed by atoms with Crippen molar-refractivity contribution in [2.45, 2.75) is 19.4 Å². The standard InChI is InChI=1S/C19H20N2O4/c1-12(22)21-16-7-5-4-6-13(16)10-17(21)19(23)20-15-9-8-14(24-2)11-18(15)25-3/h4-9,11,17H,10H2,1-3H3,(H,20,23)/t17-/m0/s1. The van der Waals surface area contributed by atoms with Crippen molar-refractivity contribution in [2.24, 2.45) is 0 Å². The molecule has 0 saturated carbocycles. The van der Waals surface area contributed by atoms with Crippen molar-refractivity contribution >= 4 is 23.2 Å². The third kappa shape index (κ3) is 3.15. The summed E-state index contributed by atoms with van der Waals surface area (Å²) in [6.07, 6.45) is 0.486. The molecule has 1 N–H and O–H groups in total. The van der Waals surface area contributed by atoms with Crippen LogP contribution in [0, 0.1) is 0 Å². The Morgan fingerprint density at radius 1 is 1.12 bits per heavy atom. The molecule has 3 rings (SSSR count). The molecule has 2 amide bonds. The normalized spacial score (nSPS) is 15.5. The van der Waals surface area contributed by atoms with Crippen LogP contribution in [0.4, 0.5) is 11.4 Å². The molecule has 6 nitrogen and oxygen atoms in total. The van der Waals surface area contributed by atoms with E-state index in [1.807, 2.05) is 24.3 Å². The van der Waals surface area contributed by atoms with Crippen LogP contribution in [-0.2, 0) is 16.0 Å². The Kier molecular flexibility index (Phi) is 4.61. The van der Waals surface area contributed by atoms with Gasteiger partial charge in [0.25, 0.3) is 0 Å². The zero-order valence-electron chi connectivity index (χ0n) is 14.4. The van der Waals surface area contributed by atoms with Gasteiger partial charge in [0, 0.05) is 25.1 Å². The average Bonchev–Trinajstić information content (AvgIpc) is 3.02. The first-order valence-electron chi connectivity index (χ1n) is 7.95. The first kappa shape index (κ1) is 16.8. The summed E-state index contributed by atoms with van der Waals surface area (Å²) < 4.78 is 10.5. The predicted octanol–water partition coefficient (Wildman–Crippen LogP) is 2.62. The molecule has 1 atom stereocenters. The van der Waals surface area contributed by atoms with Gasteiger partial charge in [-0.15, -0.1) is 0 Å². The zero-order valence-corrected chi connectivity index (χ0v) is 14.4. The zero-order chi connectivity index (χ0) is 18.0. The number of nitrogens with zero attached hydrogens (tertiary/aromatic N) is 1. The lowest BCUT2D eigenvalue weighted by molar-refractivity contribution is -0.122. The van der Waals surface area contributed by atoms with Crippen LogP contribution in [0.15, 0.2) is 42.5 Å². The highest BCUT2D eigenvalue weighted by atomic mass is 16.5. The van der Waals surface area contributed by atoms with Crippen molar-refractivity contribution in [2.75, 3.05) is 24.4 Å². The number of para-hydroxylation sites is 1. The van der Waals surface area contributed by atoms with Gasteiger partial charge in [-0.1, -0.05) is 18.2 Å². The van der Waals surface area contributed by atoms with Gasteiger partial charge in [0.15, 0.2) is 0 Å². The first-order chi connectivity index (χ1) is 12.0. The number of fused-ring (bicyclic) bond motifs is 1. The predicted molar refractivity (Wildman–Crippen MR) is 95.3 cm³/mol. The molecule has 0 unspecified atom stereocenters. The highest BCUT2D eigenvalue weighted by Gasteiger charge is 2.36. The highest BCUT2D eigenvalue weighted by molar-refractivity contribution is 6.07. The maximum absolute atomic E-state index is 12.8. The number of ether oxygens (including phenoxy) is 2. The van der Waals surface area contributed by atoms with E-state index in [0.29, 0.717) is 23.6 Å². The number of amides is 2. The molecule has 0 aliphatic carbocycles. The van der Waals surface area contributed by atoms with Crippen LogP contribution < -0.4 is 19.7 Å². The molecule has 0 aromatic heterocycles. The van der Waals surface area contributed by atoms with Crippen LogP contribution in [-0.4, -0.2) is 32.1 Å². The molecule has 0 spiro atoms. The summed E-state index contributed by atoms with van der Waals surface area (Å²) in [5, 5.41) is 2.86. The Balaban J connectivity index is 1.86. The lowest BCUT2D eigenvalue weighted by atomic mass is 10.1. The molecule has 0 bridgehead atoms. The third-order valence-electron chi connectivity index (χ3n) is 4.28. The second-order valence-electron chi connectivity index (χ2n) is 5.79. The van der Waals surface area contributed by atoms with E-state index in [1.54, 1.807) is 30.2 Å². The van der Waals surface area contributed by atoms with E-state index in [-0.39, 0.29) is 11.8 Å². The van der Waals surface area contributed by atoms with Crippen LogP contribution in [0.25, 0.3) is 0 Å². The van der Waals surface area contributed by atoms with E-state index in [4.69, 9.17) is 9.47 Å². The molecule has 0 fully saturated rings. The molecule has 1 aliphatic rings. The summed E-state index contributed by atoms with van der Waals surface area (Å²) in [6, 6.07) is 12.1. The van der Waals surface area contributed by atoms with E-state index in [2.05, 4.69) is 5.32 Å². The van der Waals surface area contributed by atoms with E-state index in [9.17, 15) is 9.59 Å². The second-order valence-corrected chi connectivity index (χ2v) is 5.79. The van der Waals surface area contributed by atoms with Crippen LogP contribution in [0.2, 0.25) is 0 Å². The van der Waals surface area contributed by atoms with E-state index in [1.165, 1.54) is 14.0 Å². The van der Waals surface area contributed by atoms with Crippen molar-refractivity contribution in [3.05, 3.63) is 48.0 Å². The van der Waals surface area contributed by atoms with Crippen LogP contribution in [0.1, 0.15) is 12.5 Å². The fourth-order valence-electron chi connectivity index (χ4n) is 3.10. The summed E-state index contributed by atoms with van der Waals surface area (Å²) in [5.41, 5.74) is 2.31. The molecule has 0 saturated heterocycles. The molecule has 2 aromatic rings. The van der Waals surface area contributed by atoms with E-state index in [0.717, 1.165) is 11.3 Å². The second kappa shape index (κ2) is 6.84. The largest absolute Gasteiger partial charge is 0.497 e. The summed E-state index contributed by atoms with van der Waals surface area (Å²) in [6.45, 7) is 1.47. The minimum atomic E-state index is -0.582. The number of anilines is 2. The fourth-order valence-corrected chi connectivity index (χ4v) is 3.10. The number of nitrogens with one attached hydrogen (secondary N) is 1. The molecule has 1 aliphatic heterocycles. The van der Waals surface area contributed by atoms with Gasteiger partial charge in [-0.25, -0.2) is 0 Å². The molecule has 1 heterocycles. The number of benzene rings is 2. The maximum Gasteiger partial charge on any atom is 0.248 e. The Bertz CT molecular complexity index is 819. The van der Waals surface area contributed by atoms with Gasteiger partial charge >= 0.3 is 0 Å². The van der Waals surface area contributed by atoms with Crippen molar-refractivity contribution in [3.63, 3.8) is 0 Å². The van der Waals surface area contributed by atoms with Crippen molar-refractivity contribution in [1.29, 1.82) is 0 Å². The maximum atomic E-state index is 12.8. The Labute approximate surface area is 146 Å². The van der Waals surface area contributed by atoms with E-state index >= 15 is 0 Å². The number of hydrogen-bond acceptors (Lipinski definition) is 4. The van der Waals surface area contributed by atoms with Crippen molar-refractivity contribution < 1.29 is 19.1 Å². The molecule has 25 heavy (non-hydrogen) atoms. The first-order valence-corrected chi connectivity index (χ1v) is 7.95. The smallest absolute Gasteiger partial charge is 0.248 e. The lowest BCUT2D eigenvalue weighted by Gasteiger charge is -2.23. The minimum absolute atomic E-state index is 0.160. The number of hydrogen-bond donors (Lipinski definition) is 1. The van der Waals surface area contributed by atoms with Crippen LogP contribution >= 0.6 is 0 Å². The topological polar surface area (TPSA) is 67.9 Å². The highest BCUT2D eigenvalue weighted by Crippen LogP contribution is 2.34. The SMILES string of the molecule is COc1ccc(NC(=O)[C@@H]2Cc3ccccc3N2C(C)=O)c(OC)c1. The van der Waals surface area contributed by atoms with E-state index < -0.39 is 6.04 Å². The van der Waals surface area contributed by atoms with Gasteiger partial charge in [0.1, 0.15) is 17.5 Å². The molecular weight excluding hydrogens is 320 g/mol. The van der Waals surface area contributed by atoms with Gasteiger partial charge in [0.05, 0.1) is 19.9 Å². The average molecular weight is 340 g/mol. The van der Waals surface area contributed by atoms with Gasteiger partial charge < -0.3 is 14.8 Å². The third-order valence-corrected chi connectivity index (χ3v) is 4.28. The fraction of sp³-hybridized carbons (Fsp3) is 0.263. The van der Waals surface area contributed by atoms with Gasteiger partial charge in [-0.05, 0) is 23.8 Å². The van der Waals surface area contributed by atoms with Crippen molar-refractivity contribution in [1.82, 2.24) is 0 Å². The summed E-state index contributed by atoms with van der Waals surface area (Å²) >= 11 is 0. The van der Waals surface area contributed by atoms with Crippen LogP contribution in [0.5, 0.6) is 11.5 Å². The number of rotatable bonds is 4. The lowest BCUT2D eigenvalue weighted by Crippen LogP contribution is -2.44. The number of carbonyl (C=O) groups is 2. The Morgan fingerprint density at radius 3 is 2.56 bits per heavy atom. The van der Waals surface area contributed by atoms with Crippen molar-refractivity contribution in [3.8, 4) is 11.5 Å². The Hall–Kier alpha value is -3.02. The molecule has 6 heteroatoms. The Morgan fingerprint density at radius 2 is 1.88 bits per heavy atom. The summed E-state index contributed by atoms with van der Waals surface area (Å²) in [4.78, 5) is 26.5. The van der Waals surface area contributed by atoms with Gasteiger partial charge in [0.2, 0.25) is 11.8 Å². The van der Waals surface area contributed by atoms with Gasteiger partial charge in [-0.2, -0.15) is 0 Å². The molecular formula is C19H20N2O4. The monoisotopic (exact) mass is 340 g/mol. The number of carbonyl (C=O) groups excluding carboxylic acids is 2. The summed E-state index contributed by atoms with van der Waals surface area (Å²) in [7, 11) is 3.09. The quantitative estimate of drug-likeness (QED) is 0.929. The number of methoxy groups -OCH3 is 2. The molecule has 2 aromatic carbocycles.